The van der Waals surface area contributed by atoms with Crippen molar-refractivity contribution in [2.24, 2.45) is 5.92 Å². The van der Waals surface area contributed by atoms with Gasteiger partial charge in [0.2, 0.25) is 5.91 Å². The number of nitrogens with one attached hydrogen (secondary N) is 1. The predicted molar refractivity (Wildman–Crippen MR) is 66.4 cm³/mol. The van der Waals surface area contributed by atoms with Gasteiger partial charge in [-0.1, -0.05) is 0 Å². The minimum Gasteiger partial charge on any atom is -0.342 e. The lowest BCUT2D eigenvalue weighted by molar-refractivity contribution is -0.133. The van der Waals surface area contributed by atoms with Gasteiger partial charge in [0, 0.05) is 26.1 Å². The molecule has 4 nitrogen and oxygen atoms in total. The summed E-state index contributed by atoms with van der Waals surface area (Å²) >= 11 is 0. The average Bonchev–Trinajstić information content (AvgIpc) is 2.26. The minimum atomic E-state index is 0.314. The lowest BCUT2D eigenvalue weighted by Gasteiger charge is -2.33. The van der Waals surface area contributed by atoms with E-state index in [0.717, 1.165) is 32.6 Å². The molecule has 1 unspecified atom stereocenters. The molecular weight excluding hydrogens is 202 g/mol. The summed E-state index contributed by atoms with van der Waals surface area (Å²) in [7, 11) is 5.99. The van der Waals surface area contributed by atoms with E-state index >= 15 is 0 Å². The number of carbonyl (C=O) groups excluding carboxylic acids is 1. The Kier molecular flexibility index (Phi) is 5.77. The third-order valence-electron chi connectivity index (χ3n) is 3.14. The van der Waals surface area contributed by atoms with Crippen molar-refractivity contribution in [3.8, 4) is 0 Å². The molecule has 1 saturated heterocycles. The first-order valence-corrected chi connectivity index (χ1v) is 6.20. The van der Waals surface area contributed by atoms with Gasteiger partial charge in [-0.25, -0.2) is 0 Å². The third kappa shape index (κ3) is 4.49. The van der Waals surface area contributed by atoms with E-state index in [1.54, 1.807) is 0 Å². The summed E-state index contributed by atoms with van der Waals surface area (Å²) < 4.78 is 0. The van der Waals surface area contributed by atoms with Crippen LogP contribution in [0.1, 0.15) is 19.3 Å². The standard InChI is InChI=1S/C12H25N3O/c1-13-9-11-5-4-7-15(10-11)12(16)6-8-14(2)3/h11,13H,4-10H2,1-3H3. The maximum Gasteiger partial charge on any atom is 0.223 e. The molecule has 1 aliphatic rings. The van der Waals surface area contributed by atoms with Crippen molar-refractivity contribution >= 4 is 5.91 Å². The highest BCUT2D eigenvalue weighted by atomic mass is 16.2. The van der Waals surface area contributed by atoms with Crippen molar-refractivity contribution in [3.05, 3.63) is 0 Å². The fraction of sp³-hybridized carbons (Fsp3) is 0.917. The first-order valence-electron chi connectivity index (χ1n) is 6.20. The van der Waals surface area contributed by atoms with E-state index in [1.807, 2.05) is 26.0 Å². The molecule has 0 spiro atoms. The van der Waals surface area contributed by atoms with Gasteiger partial charge in [0.15, 0.2) is 0 Å². The monoisotopic (exact) mass is 227 g/mol. The molecule has 1 N–H and O–H groups in total. The fourth-order valence-corrected chi connectivity index (χ4v) is 2.22. The van der Waals surface area contributed by atoms with Gasteiger partial charge in [0.05, 0.1) is 0 Å². The van der Waals surface area contributed by atoms with Gasteiger partial charge >= 0.3 is 0 Å². The van der Waals surface area contributed by atoms with Crippen LogP contribution in [0.4, 0.5) is 0 Å². The molecule has 0 bridgehead atoms. The van der Waals surface area contributed by atoms with Gasteiger partial charge in [-0.3, -0.25) is 4.79 Å². The van der Waals surface area contributed by atoms with Crippen LogP contribution < -0.4 is 5.32 Å². The summed E-state index contributed by atoms with van der Waals surface area (Å²) in [5.41, 5.74) is 0. The van der Waals surface area contributed by atoms with Crippen molar-refractivity contribution in [2.45, 2.75) is 19.3 Å². The van der Waals surface area contributed by atoms with Crippen molar-refractivity contribution in [3.63, 3.8) is 0 Å². The SMILES string of the molecule is CNCC1CCCN(C(=O)CCN(C)C)C1. The molecule has 94 valence electrons. The molecule has 1 heterocycles. The second kappa shape index (κ2) is 6.86. The molecule has 0 saturated carbocycles. The maximum atomic E-state index is 11.9. The predicted octanol–water partition coefficient (Wildman–Crippen LogP) is 0.396. The molecule has 0 aromatic rings. The quantitative estimate of drug-likeness (QED) is 0.738. The highest BCUT2D eigenvalue weighted by Gasteiger charge is 2.22. The Hall–Kier alpha value is -0.610. The molecule has 4 heteroatoms. The summed E-state index contributed by atoms with van der Waals surface area (Å²) in [6, 6.07) is 0. The second-order valence-electron chi connectivity index (χ2n) is 4.96. The number of hydrogen-bond acceptors (Lipinski definition) is 3. The van der Waals surface area contributed by atoms with Crippen molar-refractivity contribution in [1.29, 1.82) is 0 Å². The summed E-state index contributed by atoms with van der Waals surface area (Å²) in [5, 5.41) is 3.20. The van der Waals surface area contributed by atoms with Crippen molar-refractivity contribution in [2.75, 3.05) is 47.3 Å². The molecule has 16 heavy (non-hydrogen) atoms. The van der Waals surface area contributed by atoms with Crippen LogP contribution >= 0.6 is 0 Å². The fourth-order valence-electron chi connectivity index (χ4n) is 2.22. The van der Waals surface area contributed by atoms with E-state index in [4.69, 9.17) is 0 Å². The summed E-state index contributed by atoms with van der Waals surface area (Å²) in [6.45, 7) is 3.77. The number of hydrogen-bond donors (Lipinski definition) is 1. The van der Waals surface area contributed by atoms with E-state index < -0.39 is 0 Å². The Morgan fingerprint density at radius 2 is 2.25 bits per heavy atom. The van der Waals surface area contributed by atoms with Crippen LogP contribution in [0.2, 0.25) is 0 Å². The van der Waals surface area contributed by atoms with Gasteiger partial charge in [-0.05, 0) is 46.4 Å². The third-order valence-corrected chi connectivity index (χ3v) is 3.14. The van der Waals surface area contributed by atoms with Crippen molar-refractivity contribution < 1.29 is 4.79 Å². The molecule has 0 aliphatic carbocycles. The first-order chi connectivity index (χ1) is 7.63. The molecule has 1 rings (SSSR count). The molecule has 1 aliphatic heterocycles. The largest absolute Gasteiger partial charge is 0.342 e. The van der Waals surface area contributed by atoms with Crippen LogP contribution in [0.25, 0.3) is 0 Å². The Labute approximate surface area is 99.0 Å². The molecule has 0 aromatic heterocycles. The Morgan fingerprint density at radius 1 is 1.50 bits per heavy atom. The molecule has 1 fully saturated rings. The van der Waals surface area contributed by atoms with Crippen LogP contribution in [-0.2, 0) is 4.79 Å². The average molecular weight is 227 g/mol. The molecule has 0 radical (unpaired) electrons. The highest BCUT2D eigenvalue weighted by Crippen LogP contribution is 2.16. The zero-order valence-electron chi connectivity index (χ0n) is 10.8. The zero-order chi connectivity index (χ0) is 12.0. The lowest BCUT2D eigenvalue weighted by Crippen LogP contribution is -2.43. The van der Waals surface area contributed by atoms with Crippen LogP contribution in [-0.4, -0.2) is 63.0 Å². The van der Waals surface area contributed by atoms with E-state index in [0.29, 0.717) is 18.2 Å². The van der Waals surface area contributed by atoms with Crippen molar-refractivity contribution in [1.82, 2.24) is 15.1 Å². The molecule has 1 amide bonds. The van der Waals surface area contributed by atoms with Crippen LogP contribution in [0.15, 0.2) is 0 Å². The van der Waals surface area contributed by atoms with E-state index in [2.05, 4.69) is 10.2 Å². The summed E-state index contributed by atoms with van der Waals surface area (Å²) in [5.74, 6) is 0.955. The van der Waals surface area contributed by atoms with E-state index in [1.165, 1.54) is 6.42 Å². The minimum absolute atomic E-state index is 0.314. The Morgan fingerprint density at radius 3 is 2.88 bits per heavy atom. The first kappa shape index (κ1) is 13.5. The van der Waals surface area contributed by atoms with Gasteiger partial charge in [-0.2, -0.15) is 0 Å². The zero-order valence-corrected chi connectivity index (χ0v) is 10.8. The number of rotatable bonds is 5. The van der Waals surface area contributed by atoms with Crippen LogP contribution in [0, 0.1) is 5.92 Å². The number of amides is 1. The van der Waals surface area contributed by atoms with Gasteiger partial charge < -0.3 is 15.1 Å². The van der Waals surface area contributed by atoms with Gasteiger partial charge in [-0.15, -0.1) is 0 Å². The Bertz CT molecular complexity index is 216. The van der Waals surface area contributed by atoms with Gasteiger partial charge in [0.25, 0.3) is 0 Å². The van der Waals surface area contributed by atoms with E-state index in [-0.39, 0.29) is 0 Å². The van der Waals surface area contributed by atoms with Crippen LogP contribution in [0.3, 0.4) is 0 Å². The van der Waals surface area contributed by atoms with Gasteiger partial charge in [0.1, 0.15) is 0 Å². The highest BCUT2D eigenvalue weighted by molar-refractivity contribution is 5.76. The van der Waals surface area contributed by atoms with E-state index in [9.17, 15) is 4.79 Å². The summed E-state index contributed by atoms with van der Waals surface area (Å²) in [6.07, 6.45) is 3.05. The number of carbonyl (C=O) groups is 1. The number of likely N-dealkylation sites (tertiary alicyclic amines) is 1. The topological polar surface area (TPSA) is 35.6 Å². The van der Waals surface area contributed by atoms with Crippen LogP contribution in [0.5, 0.6) is 0 Å². The Balaban J connectivity index is 2.32. The smallest absolute Gasteiger partial charge is 0.223 e. The molecular formula is C12H25N3O. The molecule has 1 atom stereocenters. The lowest BCUT2D eigenvalue weighted by atomic mass is 9.98. The number of piperidine rings is 1. The summed E-state index contributed by atoms with van der Waals surface area (Å²) in [4.78, 5) is 16.0. The second-order valence-corrected chi connectivity index (χ2v) is 4.96. The molecule has 0 aromatic carbocycles. The maximum absolute atomic E-state index is 11.9. The normalized spacial score (nSPS) is 21.5. The number of nitrogens with zero attached hydrogens (tertiary/aromatic N) is 2.